The highest BCUT2D eigenvalue weighted by atomic mass is 35.5. The van der Waals surface area contributed by atoms with Gasteiger partial charge in [0.15, 0.2) is 0 Å². The van der Waals surface area contributed by atoms with Crippen LogP contribution in [0.15, 0.2) is 42.6 Å². The summed E-state index contributed by atoms with van der Waals surface area (Å²) in [7, 11) is 0. The number of nitrogens with two attached hydrogens (primary N) is 1. The maximum atomic E-state index is 12.7. The molecule has 0 atom stereocenters. The van der Waals surface area contributed by atoms with Crippen molar-refractivity contribution in [3.8, 4) is 5.75 Å². The molecule has 1 saturated heterocycles. The lowest BCUT2D eigenvalue weighted by molar-refractivity contribution is -0.121. The van der Waals surface area contributed by atoms with Crippen molar-refractivity contribution in [2.75, 3.05) is 19.7 Å². The van der Waals surface area contributed by atoms with E-state index < -0.39 is 0 Å². The smallest absolute Gasteiger partial charge is 0.255 e. The molecule has 1 aromatic carbocycles. The van der Waals surface area contributed by atoms with Gasteiger partial charge in [-0.25, -0.2) is 0 Å². The maximum absolute atomic E-state index is 12.7. The molecule has 7 heteroatoms. The molecule has 0 aliphatic carbocycles. The molecule has 28 heavy (non-hydrogen) atoms. The third-order valence-corrected chi connectivity index (χ3v) is 5.43. The molecule has 2 amide bonds. The lowest BCUT2D eigenvalue weighted by Gasteiger charge is -2.41. The van der Waals surface area contributed by atoms with Gasteiger partial charge in [0, 0.05) is 41.8 Å². The molecule has 1 aliphatic rings. The molecular weight excluding hydrogens is 378 g/mol. The largest absolute Gasteiger partial charge is 0.493 e. The molecule has 0 radical (unpaired) electrons. The molecule has 0 saturated carbocycles. The minimum atomic E-state index is -0.381. The number of benzene rings is 1. The molecule has 148 valence electrons. The second-order valence-electron chi connectivity index (χ2n) is 7.37. The summed E-state index contributed by atoms with van der Waals surface area (Å²) < 4.78 is 5.92. The molecule has 3 rings (SSSR count). The Balaban J connectivity index is 1.65. The van der Waals surface area contributed by atoms with Crippen LogP contribution in [0, 0.1) is 12.3 Å². The van der Waals surface area contributed by atoms with E-state index in [1.165, 1.54) is 0 Å². The first-order chi connectivity index (χ1) is 13.4. The average Bonchev–Trinajstić information content (AvgIpc) is 2.68. The van der Waals surface area contributed by atoms with Crippen molar-refractivity contribution in [2.45, 2.75) is 26.2 Å². The van der Waals surface area contributed by atoms with E-state index in [-0.39, 0.29) is 23.7 Å². The molecule has 0 spiro atoms. The number of nitrogens with zero attached hydrogens (tertiary/aromatic N) is 2. The highest BCUT2D eigenvalue weighted by molar-refractivity contribution is 6.30. The van der Waals surface area contributed by atoms with Gasteiger partial charge in [-0.15, -0.1) is 0 Å². The van der Waals surface area contributed by atoms with Crippen LogP contribution in [0.4, 0.5) is 0 Å². The zero-order valence-corrected chi connectivity index (χ0v) is 16.6. The number of carbonyl (C=O) groups is 2. The van der Waals surface area contributed by atoms with Crippen molar-refractivity contribution >= 4 is 23.4 Å². The van der Waals surface area contributed by atoms with Crippen molar-refractivity contribution in [3.63, 3.8) is 0 Å². The Labute approximate surface area is 169 Å². The highest BCUT2D eigenvalue weighted by Gasteiger charge is 2.38. The van der Waals surface area contributed by atoms with E-state index >= 15 is 0 Å². The number of carbonyl (C=O) groups excluding carboxylic acids is 2. The molecular formula is C21H24ClN3O3. The Morgan fingerprint density at radius 3 is 2.43 bits per heavy atom. The Morgan fingerprint density at radius 1 is 1.18 bits per heavy atom. The first-order valence-corrected chi connectivity index (χ1v) is 9.63. The number of hydrogen-bond acceptors (Lipinski definition) is 4. The Kier molecular flexibility index (Phi) is 6.19. The minimum absolute atomic E-state index is 0.0428. The molecule has 6 nitrogen and oxygen atoms in total. The quantitative estimate of drug-likeness (QED) is 0.805. The molecule has 0 bridgehead atoms. The van der Waals surface area contributed by atoms with E-state index in [1.807, 2.05) is 13.0 Å². The van der Waals surface area contributed by atoms with Gasteiger partial charge in [-0.2, -0.15) is 0 Å². The Hall–Kier alpha value is -2.60. The van der Waals surface area contributed by atoms with Crippen molar-refractivity contribution < 1.29 is 14.3 Å². The first kappa shape index (κ1) is 20.1. The average molecular weight is 402 g/mol. The van der Waals surface area contributed by atoms with Crippen LogP contribution in [0.25, 0.3) is 0 Å². The number of aryl methyl sites for hydroxylation is 1. The van der Waals surface area contributed by atoms with Gasteiger partial charge in [-0.3, -0.25) is 14.6 Å². The van der Waals surface area contributed by atoms with Gasteiger partial charge in [0.2, 0.25) is 5.91 Å². The topological polar surface area (TPSA) is 85.5 Å². The second-order valence-corrected chi connectivity index (χ2v) is 7.80. The SMILES string of the molecule is Cc1ccc(C(=O)N2CCC(COc3ccc(Cl)cc3)(CC(N)=O)CC2)cn1. The van der Waals surface area contributed by atoms with Gasteiger partial charge < -0.3 is 15.4 Å². The number of ether oxygens (including phenoxy) is 1. The molecule has 1 fully saturated rings. The summed E-state index contributed by atoms with van der Waals surface area (Å²) in [6.07, 6.45) is 3.13. The molecule has 2 N–H and O–H groups in total. The van der Waals surface area contributed by atoms with Crippen molar-refractivity contribution in [2.24, 2.45) is 11.1 Å². The predicted octanol–water partition coefficient (Wildman–Crippen LogP) is 3.22. The summed E-state index contributed by atoms with van der Waals surface area (Å²) in [5, 5.41) is 0.636. The monoisotopic (exact) mass is 401 g/mol. The van der Waals surface area contributed by atoms with Crippen LogP contribution < -0.4 is 10.5 Å². The first-order valence-electron chi connectivity index (χ1n) is 9.26. The van der Waals surface area contributed by atoms with E-state index in [1.54, 1.807) is 41.4 Å². The van der Waals surface area contributed by atoms with Crippen LogP contribution in [0.3, 0.4) is 0 Å². The number of halogens is 1. The third-order valence-electron chi connectivity index (χ3n) is 5.18. The van der Waals surface area contributed by atoms with E-state index in [9.17, 15) is 9.59 Å². The van der Waals surface area contributed by atoms with Gasteiger partial charge in [-0.05, 0) is 56.2 Å². The zero-order valence-electron chi connectivity index (χ0n) is 15.9. The van der Waals surface area contributed by atoms with Gasteiger partial charge in [-0.1, -0.05) is 11.6 Å². The molecule has 1 aliphatic heterocycles. The number of piperidine rings is 1. The van der Waals surface area contributed by atoms with Gasteiger partial charge in [0.05, 0.1) is 12.2 Å². The Bertz CT molecular complexity index is 829. The van der Waals surface area contributed by atoms with Crippen LogP contribution >= 0.6 is 11.6 Å². The number of rotatable bonds is 6. The van der Waals surface area contributed by atoms with Crippen LogP contribution in [-0.4, -0.2) is 41.4 Å². The van der Waals surface area contributed by atoms with E-state index in [0.29, 0.717) is 48.9 Å². The number of aromatic nitrogens is 1. The van der Waals surface area contributed by atoms with Crippen LogP contribution in [0.2, 0.25) is 5.02 Å². The van der Waals surface area contributed by atoms with E-state index in [0.717, 1.165) is 5.69 Å². The predicted molar refractivity (Wildman–Crippen MR) is 107 cm³/mol. The lowest BCUT2D eigenvalue weighted by Crippen LogP contribution is -2.47. The minimum Gasteiger partial charge on any atom is -0.493 e. The fraction of sp³-hybridized carbons (Fsp3) is 0.381. The molecule has 0 unspecified atom stereocenters. The lowest BCUT2D eigenvalue weighted by atomic mass is 9.76. The van der Waals surface area contributed by atoms with Gasteiger partial charge in [0.25, 0.3) is 5.91 Å². The number of amides is 2. The second kappa shape index (κ2) is 8.61. The van der Waals surface area contributed by atoms with Gasteiger partial charge in [0.1, 0.15) is 5.75 Å². The highest BCUT2D eigenvalue weighted by Crippen LogP contribution is 2.36. The summed E-state index contributed by atoms with van der Waals surface area (Å²) in [4.78, 5) is 30.4. The third kappa shape index (κ3) is 5.01. The fourth-order valence-electron chi connectivity index (χ4n) is 3.47. The number of primary amides is 1. The zero-order chi connectivity index (χ0) is 20.1. The van der Waals surface area contributed by atoms with Crippen LogP contribution in [0.1, 0.15) is 35.3 Å². The summed E-state index contributed by atoms with van der Waals surface area (Å²) in [5.74, 6) is 0.290. The fourth-order valence-corrected chi connectivity index (χ4v) is 3.60. The molecule has 2 aromatic rings. The summed E-state index contributed by atoms with van der Waals surface area (Å²) >= 11 is 5.90. The summed E-state index contributed by atoms with van der Waals surface area (Å²) in [5.41, 5.74) is 6.56. The van der Waals surface area contributed by atoms with Crippen molar-refractivity contribution in [1.82, 2.24) is 9.88 Å². The summed E-state index contributed by atoms with van der Waals surface area (Å²) in [6.45, 7) is 3.34. The van der Waals surface area contributed by atoms with E-state index in [2.05, 4.69) is 4.98 Å². The standard InChI is InChI=1S/C21H24ClN3O3/c1-15-2-3-16(13-24-15)20(27)25-10-8-21(9-11-25,12-19(23)26)14-28-18-6-4-17(22)5-7-18/h2-7,13H,8-12,14H2,1H3,(H2,23,26). The Morgan fingerprint density at radius 2 is 1.86 bits per heavy atom. The van der Waals surface area contributed by atoms with E-state index in [4.69, 9.17) is 22.1 Å². The maximum Gasteiger partial charge on any atom is 0.255 e. The normalized spacial score (nSPS) is 15.9. The number of likely N-dealkylation sites (tertiary alicyclic amines) is 1. The number of pyridine rings is 1. The van der Waals surface area contributed by atoms with Crippen molar-refractivity contribution in [1.29, 1.82) is 0 Å². The van der Waals surface area contributed by atoms with Crippen molar-refractivity contribution in [3.05, 3.63) is 58.9 Å². The van der Waals surface area contributed by atoms with Gasteiger partial charge >= 0.3 is 0 Å². The van der Waals surface area contributed by atoms with Crippen LogP contribution in [0.5, 0.6) is 5.75 Å². The van der Waals surface area contributed by atoms with Crippen LogP contribution in [-0.2, 0) is 4.79 Å². The molecule has 1 aromatic heterocycles. The summed E-state index contributed by atoms with van der Waals surface area (Å²) in [6, 6.07) is 10.7. The number of hydrogen-bond donors (Lipinski definition) is 1. The molecule has 2 heterocycles.